The number of halogens is 2. The van der Waals surface area contributed by atoms with Gasteiger partial charge in [-0.1, -0.05) is 23.2 Å². The molecule has 1 aliphatic heterocycles. The van der Waals surface area contributed by atoms with Gasteiger partial charge in [0, 0.05) is 30.5 Å². The molecule has 0 spiro atoms. The van der Waals surface area contributed by atoms with Gasteiger partial charge in [0.15, 0.2) is 0 Å². The van der Waals surface area contributed by atoms with Gasteiger partial charge >= 0.3 is 0 Å². The zero-order valence-corrected chi connectivity index (χ0v) is 14.1. The molecule has 2 aromatic rings. The number of nitrogens with zero attached hydrogens (tertiary/aromatic N) is 2. The summed E-state index contributed by atoms with van der Waals surface area (Å²) in [7, 11) is 0. The quantitative estimate of drug-likeness (QED) is 0.868. The number of carbonyl (C=O) groups is 1. The van der Waals surface area contributed by atoms with Crippen molar-refractivity contribution in [2.75, 3.05) is 18.4 Å². The number of nitrogens with one attached hydrogen (secondary N) is 1. The van der Waals surface area contributed by atoms with E-state index in [4.69, 9.17) is 23.2 Å². The minimum atomic E-state index is 0.0595. The highest BCUT2D eigenvalue weighted by Gasteiger charge is 2.18. The van der Waals surface area contributed by atoms with Crippen molar-refractivity contribution in [2.45, 2.75) is 19.3 Å². The van der Waals surface area contributed by atoms with Crippen LogP contribution >= 0.6 is 23.2 Å². The minimum Gasteiger partial charge on any atom is -0.340 e. The molecule has 0 radical (unpaired) electrons. The van der Waals surface area contributed by atoms with Crippen LogP contribution in [0.1, 0.15) is 29.6 Å². The van der Waals surface area contributed by atoms with Gasteiger partial charge in [0.1, 0.15) is 5.82 Å². The monoisotopic (exact) mass is 349 g/mol. The van der Waals surface area contributed by atoms with Crippen LogP contribution in [0.2, 0.25) is 10.0 Å². The van der Waals surface area contributed by atoms with E-state index in [2.05, 4.69) is 10.3 Å². The van der Waals surface area contributed by atoms with E-state index >= 15 is 0 Å². The molecule has 120 valence electrons. The number of carbonyl (C=O) groups excluding carboxylic acids is 1. The van der Waals surface area contributed by atoms with Crippen molar-refractivity contribution in [3.63, 3.8) is 0 Å². The molecule has 3 rings (SSSR count). The van der Waals surface area contributed by atoms with Gasteiger partial charge in [0.05, 0.1) is 10.0 Å². The van der Waals surface area contributed by atoms with Gasteiger partial charge in [-0.3, -0.25) is 4.79 Å². The summed E-state index contributed by atoms with van der Waals surface area (Å²) in [6.07, 6.45) is 4.98. The molecule has 4 nitrogen and oxygen atoms in total. The van der Waals surface area contributed by atoms with E-state index in [9.17, 15) is 4.79 Å². The normalized spacial score (nSPS) is 14.6. The number of anilines is 2. The van der Waals surface area contributed by atoms with Gasteiger partial charge in [-0.25, -0.2) is 4.98 Å². The molecule has 1 N–H and O–H groups in total. The maximum absolute atomic E-state index is 12.5. The molecule has 0 unspecified atom stereocenters. The van der Waals surface area contributed by atoms with E-state index in [1.807, 2.05) is 11.0 Å². The number of aromatic nitrogens is 1. The Balaban J connectivity index is 1.76. The third-order valence-electron chi connectivity index (χ3n) is 3.84. The van der Waals surface area contributed by atoms with Crippen LogP contribution < -0.4 is 5.32 Å². The summed E-state index contributed by atoms with van der Waals surface area (Å²) in [5.41, 5.74) is 1.42. The number of hydrogen-bond donors (Lipinski definition) is 1. The summed E-state index contributed by atoms with van der Waals surface area (Å²) in [5, 5.41) is 4.11. The Bertz CT molecular complexity index is 715. The van der Waals surface area contributed by atoms with Crippen LogP contribution in [0.25, 0.3) is 0 Å². The Labute approximate surface area is 145 Å². The lowest BCUT2D eigenvalue weighted by Gasteiger charge is -2.26. The summed E-state index contributed by atoms with van der Waals surface area (Å²) in [6, 6.07) is 8.77. The van der Waals surface area contributed by atoms with Crippen molar-refractivity contribution in [1.29, 1.82) is 0 Å². The highest BCUT2D eigenvalue weighted by Crippen LogP contribution is 2.26. The second-order valence-corrected chi connectivity index (χ2v) is 6.35. The topological polar surface area (TPSA) is 45.2 Å². The fourth-order valence-corrected chi connectivity index (χ4v) is 2.93. The van der Waals surface area contributed by atoms with E-state index in [-0.39, 0.29) is 5.91 Å². The van der Waals surface area contributed by atoms with Crippen LogP contribution in [0, 0.1) is 0 Å². The van der Waals surface area contributed by atoms with E-state index < -0.39 is 0 Å². The Morgan fingerprint density at radius 2 is 1.83 bits per heavy atom. The maximum atomic E-state index is 12.5. The SMILES string of the molecule is O=C(c1ccnc(Nc2ccc(Cl)c(Cl)c2)c1)N1CCCCC1. The fourth-order valence-electron chi connectivity index (χ4n) is 2.63. The van der Waals surface area contributed by atoms with Crippen LogP contribution in [-0.4, -0.2) is 28.9 Å². The van der Waals surface area contributed by atoms with Crippen molar-refractivity contribution < 1.29 is 4.79 Å². The summed E-state index contributed by atoms with van der Waals surface area (Å²) in [5.74, 6) is 0.663. The minimum absolute atomic E-state index is 0.0595. The predicted octanol–water partition coefficient (Wildman–Crippen LogP) is 4.76. The van der Waals surface area contributed by atoms with E-state index in [1.54, 1.807) is 30.5 Å². The van der Waals surface area contributed by atoms with Crippen molar-refractivity contribution in [1.82, 2.24) is 9.88 Å². The van der Waals surface area contributed by atoms with Crippen LogP contribution in [0.3, 0.4) is 0 Å². The van der Waals surface area contributed by atoms with E-state index in [1.165, 1.54) is 6.42 Å². The van der Waals surface area contributed by atoms with Crippen molar-refractivity contribution in [3.05, 3.63) is 52.1 Å². The molecule has 1 aromatic carbocycles. The molecule has 0 saturated carbocycles. The first kappa shape index (κ1) is 16.1. The smallest absolute Gasteiger partial charge is 0.254 e. The summed E-state index contributed by atoms with van der Waals surface area (Å²) < 4.78 is 0. The summed E-state index contributed by atoms with van der Waals surface area (Å²) in [4.78, 5) is 18.7. The predicted molar refractivity (Wildman–Crippen MR) is 93.7 cm³/mol. The molecule has 0 atom stereocenters. The van der Waals surface area contributed by atoms with Gasteiger partial charge in [-0.05, 0) is 49.6 Å². The molecule has 1 aromatic heterocycles. The Kier molecular flexibility index (Phi) is 5.03. The number of pyridine rings is 1. The van der Waals surface area contributed by atoms with Crippen LogP contribution in [0.15, 0.2) is 36.5 Å². The van der Waals surface area contributed by atoms with Crippen LogP contribution in [0.4, 0.5) is 11.5 Å². The first-order valence-corrected chi connectivity index (χ1v) is 8.36. The van der Waals surface area contributed by atoms with Crippen LogP contribution in [-0.2, 0) is 0 Å². The molecule has 2 heterocycles. The fraction of sp³-hybridized carbons (Fsp3) is 0.294. The van der Waals surface area contributed by atoms with E-state index in [0.717, 1.165) is 31.6 Å². The second kappa shape index (κ2) is 7.20. The van der Waals surface area contributed by atoms with Gasteiger partial charge in [-0.15, -0.1) is 0 Å². The number of rotatable bonds is 3. The third kappa shape index (κ3) is 3.95. The second-order valence-electron chi connectivity index (χ2n) is 5.54. The highest BCUT2D eigenvalue weighted by molar-refractivity contribution is 6.42. The zero-order chi connectivity index (χ0) is 16.2. The number of piperidine rings is 1. The summed E-state index contributed by atoms with van der Waals surface area (Å²) >= 11 is 11.9. The molecule has 0 aliphatic carbocycles. The first-order chi connectivity index (χ1) is 11.1. The van der Waals surface area contributed by atoms with Crippen molar-refractivity contribution in [3.8, 4) is 0 Å². The lowest BCUT2D eigenvalue weighted by atomic mass is 10.1. The molecule has 1 aliphatic rings. The lowest BCUT2D eigenvalue weighted by Crippen LogP contribution is -2.35. The summed E-state index contributed by atoms with van der Waals surface area (Å²) in [6.45, 7) is 1.66. The van der Waals surface area contributed by atoms with Gasteiger partial charge in [-0.2, -0.15) is 0 Å². The van der Waals surface area contributed by atoms with E-state index in [0.29, 0.717) is 21.4 Å². The molecule has 23 heavy (non-hydrogen) atoms. The zero-order valence-electron chi connectivity index (χ0n) is 12.6. The molecule has 1 fully saturated rings. The Morgan fingerprint density at radius 1 is 1.04 bits per heavy atom. The van der Waals surface area contributed by atoms with Crippen LogP contribution in [0.5, 0.6) is 0 Å². The van der Waals surface area contributed by atoms with Gasteiger partial charge in [0.25, 0.3) is 5.91 Å². The molecule has 1 saturated heterocycles. The third-order valence-corrected chi connectivity index (χ3v) is 4.58. The highest BCUT2D eigenvalue weighted by atomic mass is 35.5. The average molecular weight is 350 g/mol. The molecular weight excluding hydrogens is 333 g/mol. The number of benzene rings is 1. The largest absolute Gasteiger partial charge is 0.340 e. The molecule has 1 amide bonds. The maximum Gasteiger partial charge on any atom is 0.254 e. The molecular formula is C17H17Cl2N3O. The Hall–Kier alpha value is -1.78. The Morgan fingerprint density at radius 3 is 2.57 bits per heavy atom. The lowest BCUT2D eigenvalue weighted by molar-refractivity contribution is 0.0724. The molecule has 6 heteroatoms. The van der Waals surface area contributed by atoms with Gasteiger partial charge < -0.3 is 10.2 Å². The first-order valence-electron chi connectivity index (χ1n) is 7.61. The van der Waals surface area contributed by atoms with Gasteiger partial charge in [0.2, 0.25) is 0 Å². The van der Waals surface area contributed by atoms with Crippen molar-refractivity contribution >= 4 is 40.6 Å². The average Bonchev–Trinajstić information content (AvgIpc) is 2.58. The standard InChI is InChI=1S/C17H17Cl2N3O/c18-14-5-4-13(11-15(14)19)21-16-10-12(6-7-20-16)17(23)22-8-2-1-3-9-22/h4-7,10-11H,1-3,8-9H2,(H,20,21). The van der Waals surface area contributed by atoms with Crippen molar-refractivity contribution in [2.24, 2.45) is 0 Å². The number of hydrogen-bond acceptors (Lipinski definition) is 3. The molecule has 0 bridgehead atoms. The number of likely N-dealkylation sites (tertiary alicyclic amines) is 1. The number of amides is 1.